The van der Waals surface area contributed by atoms with E-state index in [4.69, 9.17) is 4.74 Å². The lowest BCUT2D eigenvalue weighted by Crippen LogP contribution is -2.49. The first kappa shape index (κ1) is 21.8. The van der Waals surface area contributed by atoms with Crippen LogP contribution in [0.4, 0.5) is 0 Å². The second kappa shape index (κ2) is 9.81. The number of nitrogens with zero attached hydrogens (tertiary/aromatic N) is 4. The summed E-state index contributed by atoms with van der Waals surface area (Å²) in [4.78, 5) is 9.48. The predicted molar refractivity (Wildman–Crippen MR) is 124 cm³/mol. The van der Waals surface area contributed by atoms with Crippen molar-refractivity contribution in [3.63, 3.8) is 0 Å². The van der Waals surface area contributed by atoms with Gasteiger partial charge in [-0.3, -0.25) is 9.80 Å². The van der Waals surface area contributed by atoms with Gasteiger partial charge in [0.05, 0.1) is 11.4 Å². The van der Waals surface area contributed by atoms with Gasteiger partial charge >= 0.3 is 0 Å². The number of pyridine rings is 1. The molecule has 166 valence electrons. The van der Waals surface area contributed by atoms with E-state index in [1.54, 1.807) is 0 Å². The summed E-state index contributed by atoms with van der Waals surface area (Å²) in [7, 11) is 0. The maximum atomic E-state index is 10.5. The number of imidazole rings is 1. The van der Waals surface area contributed by atoms with E-state index in [1.807, 2.05) is 24.3 Å². The number of hydrogen-bond acceptors (Lipinski definition) is 5. The number of piperazine rings is 1. The number of benzene rings is 1. The van der Waals surface area contributed by atoms with Crippen molar-refractivity contribution in [3.8, 4) is 5.75 Å². The fraction of sp³-hybridized carbons (Fsp3) is 0.480. The van der Waals surface area contributed by atoms with E-state index in [9.17, 15) is 5.11 Å². The molecule has 4 rings (SSSR count). The molecule has 1 aliphatic heterocycles. The smallest absolute Gasteiger partial charge is 0.137 e. The van der Waals surface area contributed by atoms with Gasteiger partial charge in [0, 0.05) is 45.5 Å². The molecule has 1 N–H and O–H groups in total. The number of rotatable bonds is 8. The van der Waals surface area contributed by atoms with Gasteiger partial charge < -0.3 is 14.2 Å². The Morgan fingerprint density at radius 1 is 1.00 bits per heavy atom. The molecule has 0 saturated carbocycles. The van der Waals surface area contributed by atoms with Crippen LogP contribution in [0.3, 0.4) is 0 Å². The maximum Gasteiger partial charge on any atom is 0.137 e. The van der Waals surface area contributed by atoms with E-state index in [1.165, 1.54) is 11.3 Å². The minimum absolute atomic E-state index is 0.324. The van der Waals surface area contributed by atoms with Crippen molar-refractivity contribution in [2.45, 2.75) is 39.3 Å². The number of aliphatic hydroxyl groups is 1. The predicted octanol–water partition coefficient (Wildman–Crippen LogP) is 3.32. The van der Waals surface area contributed by atoms with E-state index in [2.05, 4.69) is 64.4 Å². The van der Waals surface area contributed by atoms with Crippen molar-refractivity contribution in [1.29, 1.82) is 0 Å². The molecule has 1 atom stereocenters. The minimum atomic E-state index is -0.493. The molecule has 0 spiro atoms. The van der Waals surface area contributed by atoms with Crippen LogP contribution in [-0.2, 0) is 6.54 Å². The molecular weight excluding hydrogens is 388 g/mol. The molecule has 0 radical (unpaired) electrons. The monoisotopic (exact) mass is 422 g/mol. The van der Waals surface area contributed by atoms with Crippen molar-refractivity contribution in [3.05, 3.63) is 65.6 Å². The van der Waals surface area contributed by atoms with Crippen molar-refractivity contribution in [2.75, 3.05) is 39.3 Å². The summed E-state index contributed by atoms with van der Waals surface area (Å²) >= 11 is 0. The Morgan fingerprint density at radius 2 is 1.71 bits per heavy atom. The normalized spacial score (nSPS) is 16.8. The highest BCUT2D eigenvalue weighted by molar-refractivity contribution is 5.42. The third-order valence-corrected chi connectivity index (χ3v) is 6.11. The molecule has 0 amide bonds. The van der Waals surface area contributed by atoms with Crippen LogP contribution in [0.1, 0.15) is 36.7 Å². The van der Waals surface area contributed by atoms with Gasteiger partial charge in [-0.1, -0.05) is 38.1 Å². The lowest BCUT2D eigenvalue weighted by atomic mass is 10.0. The number of fused-ring (bicyclic) bond motifs is 1. The number of β-amino-alcohol motifs (C(OH)–C–C–N with tert-alkyl or cyclic N) is 1. The average Bonchev–Trinajstić information content (AvgIpc) is 3.09. The minimum Gasteiger partial charge on any atom is -0.491 e. The van der Waals surface area contributed by atoms with Crippen LogP contribution in [0.2, 0.25) is 0 Å². The quantitative estimate of drug-likeness (QED) is 0.604. The zero-order valence-electron chi connectivity index (χ0n) is 18.9. The molecule has 1 aromatic carbocycles. The molecule has 0 aliphatic carbocycles. The molecule has 6 heteroatoms. The van der Waals surface area contributed by atoms with Gasteiger partial charge in [0.2, 0.25) is 0 Å². The van der Waals surface area contributed by atoms with Crippen LogP contribution >= 0.6 is 0 Å². The summed E-state index contributed by atoms with van der Waals surface area (Å²) in [6, 6.07) is 14.2. The SMILES string of the molecule is Cc1nc2ccccn2c1CN1CCN(C[C@H](O)COc2ccccc2C(C)C)CC1. The van der Waals surface area contributed by atoms with Crippen LogP contribution in [-0.4, -0.2) is 69.7 Å². The van der Waals surface area contributed by atoms with E-state index >= 15 is 0 Å². The molecule has 0 unspecified atom stereocenters. The van der Waals surface area contributed by atoms with E-state index in [0.717, 1.165) is 49.8 Å². The Kier molecular flexibility index (Phi) is 6.90. The fourth-order valence-corrected chi connectivity index (χ4v) is 4.32. The highest BCUT2D eigenvalue weighted by Gasteiger charge is 2.21. The summed E-state index contributed by atoms with van der Waals surface area (Å²) in [5, 5.41) is 10.5. The number of para-hydroxylation sites is 1. The van der Waals surface area contributed by atoms with Crippen LogP contribution in [0.25, 0.3) is 5.65 Å². The molecule has 2 aromatic heterocycles. The first-order valence-corrected chi connectivity index (χ1v) is 11.3. The Balaban J connectivity index is 1.25. The largest absolute Gasteiger partial charge is 0.491 e. The lowest BCUT2D eigenvalue weighted by Gasteiger charge is -2.35. The van der Waals surface area contributed by atoms with Crippen LogP contribution in [0, 0.1) is 6.92 Å². The number of ether oxygens (including phenoxy) is 1. The molecule has 1 fully saturated rings. The molecule has 6 nitrogen and oxygen atoms in total. The summed E-state index contributed by atoms with van der Waals surface area (Å²) in [5.74, 6) is 1.28. The van der Waals surface area contributed by atoms with Gasteiger partial charge in [-0.05, 0) is 36.6 Å². The Bertz CT molecular complexity index is 992. The number of hydrogen-bond donors (Lipinski definition) is 1. The van der Waals surface area contributed by atoms with Gasteiger partial charge in [-0.25, -0.2) is 4.98 Å². The maximum absolute atomic E-state index is 10.5. The molecular formula is C25H34N4O2. The Hall–Kier alpha value is -2.41. The topological polar surface area (TPSA) is 53.2 Å². The number of aliphatic hydroxyl groups excluding tert-OH is 1. The number of aromatic nitrogens is 2. The van der Waals surface area contributed by atoms with Gasteiger partial charge in [0.25, 0.3) is 0 Å². The first-order chi connectivity index (χ1) is 15.0. The summed E-state index contributed by atoms with van der Waals surface area (Å²) < 4.78 is 8.14. The second-order valence-corrected chi connectivity index (χ2v) is 8.81. The second-order valence-electron chi connectivity index (χ2n) is 8.81. The standard InChI is InChI=1S/C25H34N4O2/c1-19(2)22-8-4-5-9-24(22)31-18-21(30)16-27-12-14-28(15-13-27)17-23-20(3)26-25-10-6-7-11-29(23)25/h4-11,19,21,30H,12-18H2,1-3H3/t21-/m0/s1. The van der Waals surface area contributed by atoms with E-state index < -0.39 is 6.10 Å². The Morgan fingerprint density at radius 3 is 2.48 bits per heavy atom. The van der Waals surface area contributed by atoms with Gasteiger partial charge in [0.1, 0.15) is 24.1 Å². The van der Waals surface area contributed by atoms with Crippen LogP contribution in [0.15, 0.2) is 48.7 Å². The summed E-state index contributed by atoms with van der Waals surface area (Å²) in [6.45, 7) is 12.2. The zero-order valence-corrected chi connectivity index (χ0v) is 18.9. The highest BCUT2D eigenvalue weighted by atomic mass is 16.5. The van der Waals surface area contributed by atoms with Crippen molar-refractivity contribution in [1.82, 2.24) is 19.2 Å². The molecule has 1 aliphatic rings. The van der Waals surface area contributed by atoms with E-state index in [0.29, 0.717) is 19.1 Å². The first-order valence-electron chi connectivity index (χ1n) is 11.3. The Labute approximate surface area is 185 Å². The third-order valence-electron chi connectivity index (χ3n) is 6.11. The molecule has 3 aromatic rings. The summed E-state index contributed by atoms with van der Waals surface area (Å²) in [5.41, 5.74) is 4.56. The number of aryl methyl sites for hydroxylation is 1. The lowest BCUT2D eigenvalue weighted by molar-refractivity contribution is 0.0440. The molecule has 31 heavy (non-hydrogen) atoms. The van der Waals surface area contributed by atoms with Crippen LogP contribution in [0.5, 0.6) is 5.75 Å². The van der Waals surface area contributed by atoms with Crippen molar-refractivity contribution >= 4 is 5.65 Å². The zero-order chi connectivity index (χ0) is 21.8. The molecule has 0 bridgehead atoms. The molecule has 1 saturated heterocycles. The van der Waals surface area contributed by atoms with E-state index in [-0.39, 0.29) is 0 Å². The van der Waals surface area contributed by atoms with Crippen molar-refractivity contribution in [2.24, 2.45) is 0 Å². The van der Waals surface area contributed by atoms with Gasteiger partial charge in [-0.15, -0.1) is 0 Å². The summed E-state index contributed by atoms with van der Waals surface area (Å²) in [6.07, 6.45) is 1.60. The molecule has 3 heterocycles. The average molecular weight is 423 g/mol. The van der Waals surface area contributed by atoms with Gasteiger partial charge in [0.15, 0.2) is 0 Å². The van der Waals surface area contributed by atoms with Gasteiger partial charge in [-0.2, -0.15) is 0 Å². The highest BCUT2D eigenvalue weighted by Crippen LogP contribution is 2.26. The fourth-order valence-electron chi connectivity index (χ4n) is 4.32. The van der Waals surface area contributed by atoms with Crippen molar-refractivity contribution < 1.29 is 9.84 Å². The third kappa shape index (κ3) is 5.26. The van der Waals surface area contributed by atoms with Crippen LogP contribution < -0.4 is 4.74 Å².